The van der Waals surface area contributed by atoms with Gasteiger partial charge in [-0.15, -0.1) is 0 Å². The molecule has 0 aromatic heterocycles. The number of ether oxygens (including phenoxy) is 2. The molecule has 0 unspecified atom stereocenters. The van der Waals surface area contributed by atoms with E-state index in [2.05, 4.69) is 5.32 Å². The number of hydrogen-bond donors (Lipinski definition) is 1. The van der Waals surface area contributed by atoms with Gasteiger partial charge in [-0.2, -0.15) is 0 Å². The molecule has 8 heteroatoms. The van der Waals surface area contributed by atoms with E-state index in [1.807, 2.05) is 4.90 Å². The Bertz CT molecular complexity index is 499. The Hall–Kier alpha value is -0.720. The summed E-state index contributed by atoms with van der Waals surface area (Å²) >= 11 is 18.1. The first-order valence-electron chi connectivity index (χ1n) is 6.75. The fourth-order valence-corrected chi connectivity index (χ4v) is 2.74. The molecule has 1 aromatic rings. The second-order valence-electron chi connectivity index (χ2n) is 4.79. The maximum atomic E-state index is 12.4. The lowest BCUT2D eigenvalue weighted by molar-refractivity contribution is 0.00996. The molecule has 22 heavy (non-hydrogen) atoms. The maximum Gasteiger partial charge on any atom is 0.252 e. The van der Waals surface area contributed by atoms with Crippen molar-refractivity contribution in [2.75, 3.05) is 33.4 Å². The minimum atomic E-state index is -1.64. The summed E-state index contributed by atoms with van der Waals surface area (Å²) in [5.74, 6) is 0.355. The first-order chi connectivity index (χ1) is 10.4. The summed E-state index contributed by atoms with van der Waals surface area (Å²) in [7, 11) is 1.56. The highest BCUT2D eigenvalue weighted by atomic mass is 35.6. The summed E-state index contributed by atoms with van der Waals surface area (Å²) in [4.78, 5) is 14.2. The van der Waals surface area contributed by atoms with E-state index in [9.17, 15) is 4.79 Å². The lowest BCUT2D eigenvalue weighted by atomic mass is 10.2. The summed E-state index contributed by atoms with van der Waals surface area (Å²) in [6.07, 6.45) is -0.726. The Morgan fingerprint density at radius 3 is 2.36 bits per heavy atom. The molecular weight excluding hydrogens is 351 g/mol. The number of rotatable bonds is 4. The smallest absolute Gasteiger partial charge is 0.252 e. The van der Waals surface area contributed by atoms with E-state index in [4.69, 9.17) is 44.3 Å². The largest absolute Gasteiger partial charge is 0.497 e. The normalized spacial score (nSPS) is 17.8. The van der Waals surface area contributed by atoms with Gasteiger partial charge in [0, 0.05) is 18.7 Å². The third-order valence-electron chi connectivity index (χ3n) is 3.34. The van der Waals surface area contributed by atoms with E-state index < -0.39 is 9.96 Å². The van der Waals surface area contributed by atoms with E-state index in [1.54, 1.807) is 31.4 Å². The van der Waals surface area contributed by atoms with Gasteiger partial charge >= 0.3 is 0 Å². The molecule has 2 rings (SSSR count). The molecule has 1 fully saturated rings. The zero-order valence-corrected chi connectivity index (χ0v) is 14.3. The van der Waals surface area contributed by atoms with Crippen molar-refractivity contribution in [3.8, 4) is 5.75 Å². The Morgan fingerprint density at radius 1 is 1.27 bits per heavy atom. The fraction of sp³-hybridized carbons (Fsp3) is 0.500. The van der Waals surface area contributed by atoms with Crippen molar-refractivity contribution < 1.29 is 14.3 Å². The van der Waals surface area contributed by atoms with Crippen molar-refractivity contribution in [2.24, 2.45) is 0 Å². The lowest BCUT2D eigenvalue weighted by Crippen LogP contribution is -2.58. The second kappa shape index (κ2) is 7.70. The Kier molecular flexibility index (Phi) is 6.17. The number of benzene rings is 1. The molecule has 122 valence electrons. The van der Waals surface area contributed by atoms with E-state index in [1.165, 1.54) is 0 Å². The van der Waals surface area contributed by atoms with Gasteiger partial charge in [-0.3, -0.25) is 9.69 Å². The topological polar surface area (TPSA) is 50.8 Å². The van der Waals surface area contributed by atoms with Crippen LogP contribution in [-0.4, -0.2) is 54.2 Å². The molecule has 1 heterocycles. The number of hydrogen-bond acceptors (Lipinski definition) is 4. The molecule has 0 radical (unpaired) electrons. The average molecular weight is 368 g/mol. The van der Waals surface area contributed by atoms with E-state index in [0.29, 0.717) is 37.6 Å². The predicted molar refractivity (Wildman–Crippen MR) is 86.9 cm³/mol. The van der Waals surface area contributed by atoms with Gasteiger partial charge in [0.25, 0.3) is 5.91 Å². The number of amides is 1. The van der Waals surface area contributed by atoms with Crippen LogP contribution in [0.15, 0.2) is 24.3 Å². The van der Waals surface area contributed by atoms with Gasteiger partial charge in [0.1, 0.15) is 11.9 Å². The first-order valence-corrected chi connectivity index (χ1v) is 7.88. The number of carbonyl (C=O) groups excluding carboxylic acids is 1. The van der Waals surface area contributed by atoms with Crippen LogP contribution < -0.4 is 10.1 Å². The van der Waals surface area contributed by atoms with Crippen molar-refractivity contribution in [3.05, 3.63) is 29.8 Å². The molecule has 5 nitrogen and oxygen atoms in total. The Morgan fingerprint density at radius 2 is 1.86 bits per heavy atom. The Labute approximate surface area is 144 Å². The number of nitrogens with one attached hydrogen (secondary N) is 1. The van der Waals surface area contributed by atoms with Crippen LogP contribution in [0.1, 0.15) is 10.4 Å². The van der Waals surface area contributed by atoms with Crippen LogP contribution in [-0.2, 0) is 4.74 Å². The van der Waals surface area contributed by atoms with Crippen LogP contribution in [0.5, 0.6) is 5.75 Å². The van der Waals surface area contributed by atoms with Gasteiger partial charge in [-0.1, -0.05) is 34.8 Å². The number of alkyl halides is 3. The minimum Gasteiger partial charge on any atom is -0.497 e. The van der Waals surface area contributed by atoms with Crippen molar-refractivity contribution in [1.82, 2.24) is 10.2 Å². The van der Waals surface area contributed by atoms with Gasteiger partial charge in [-0.25, -0.2) is 0 Å². The number of nitrogens with zero attached hydrogens (tertiary/aromatic N) is 1. The van der Waals surface area contributed by atoms with Crippen molar-refractivity contribution >= 4 is 40.7 Å². The third kappa shape index (κ3) is 4.64. The highest BCUT2D eigenvalue weighted by Crippen LogP contribution is 2.32. The monoisotopic (exact) mass is 366 g/mol. The van der Waals surface area contributed by atoms with Gasteiger partial charge < -0.3 is 14.8 Å². The quantitative estimate of drug-likeness (QED) is 0.831. The summed E-state index contributed by atoms with van der Waals surface area (Å²) in [6, 6.07) is 6.72. The Balaban J connectivity index is 2.09. The zero-order chi connectivity index (χ0) is 16.2. The van der Waals surface area contributed by atoms with E-state index in [0.717, 1.165) is 0 Å². The number of halogens is 3. The molecule has 1 N–H and O–H groups in total. The predicted octanol–water partition coefficient (Wildman–Crippen LogP) is 2.45. The van der Waals surface area contributed by atoms with Crippen LogP contribution in [0, 0.1) is 0 Å². The highest BCUT2D eigenvalue weighted by molar-refractivity contribution is 6.68. The van der Waals surface area contributed by atoms with E-state index in [-0.39, 0.29) is 5.91 Å². The molecule has 0 saturated carbocycles. The standard InChI is InChI=1S/C14H17Cl3N2O3/c1-21-11-4-2-10(3-5-11)12(20)18-13(14(15,16)17)19-6-8-22-9-7-19/h2-5,13H,6-9H2,1H3,(H,18,20)/t13-/m1/s1. The van der Waals surface area contributed by atoms with Crippen LogP contribution in [0.25, 0.3) is 0 Å². The van der Waals surface area contributed by atoms with Crippen LogP contribution in [0.3, 0.4) is 0 Å². The molecule has 0 bridgehead atoms. The molecular formula is C14H17Cl3N2O3. The lowest BCUT2D eigenvalue weighted by Gasteiger charge is -2.38. The number of methoxy groups -OCH3 is 1. The van der Waals surface area contributed by atoms with Gasteiger partial charge in [0.05, 0.1) is 20.3 Å². The van der Waals surface area contributed by atoms with Crippen LogP contribution >= 0.6 is 34.8 Å². The van der Waals surface area contributed by atoms with E-state index >= 15 is 0 Å². The molecule has 0 aliphatic carbocycles. The molecule has 1 saturated heterocycles. The first kappa shape index (κ1) is 17.6. The molecule has 1 aliphatic rings. The molecule has 1 aromatic carbocycles. The summed E-state index contributed by atoms with van der Waals surface area (Å²) < 4.78 is 8.70. The summed E-state index contributed by atoms with van der Waals surface area (Å²) in [5.41, 5.74) is 0.466. The van der Waals surface area contributed by atoms with Crippen molar-refractivity contribution in [3.63, 3.8) is 0 Å². The van der Waals surface area contributed by atoms with Crippen LogP contribution in [0.2, 0.25) is 0 Å². The summed E-state index contributed by atoms with van der Waals surface area (Å²) in [5, 5.41) is 2.78. The van der Waals surface area contributed by atoms with Crippen molar-refractivity contribution in [2.45, 2.75) is 9.96 Å². The average Bonchev–Trinajstić information content (AvgIpc) is 2.52. The molecule has 1 atom stereocenters. The van der Waals surface area contributed by atoms with Crippen LogP contribution in [0.4, 0.5) is 0 Å². The maximum absolute atomic E-state index is 12.4. The minimum absolute atomic E-state index is 0.314. The summed E-state index contributed by atoms with van der Waals surface area (Å²) in [6.45, 7) is 2.24. The molecule has 0 spiro atoms. The number of morpholine rings is 1. The second-order valence-corrected chi connectivity index (χ2v) is 7.16. The SMILES string of the molecule is COc1ccc(C(=O)N[C@H](N2CCOCC2)C(Cl)(Cl)Cl)cc1. The molecule has 1 aliphatic heterocycles. The van der Waals surface area contributed by atoms with Crippen molar-refractivity contribution in [1.29, 1.82) is 0 Å². The zero-order valence-electron chi connectivity index (χ0n) is 12.0. The fourth-order valence-electron chi connectivity index (χ4n) is 2.17. The van der Waals surface area contributed by atoms with Gasteiger partial charge in [-0.05, 0) is 24.3 Å². The third-order valence-corrected chi connectivity index (χ3v) is 3.96. The highest BCUT2D eigenvalue weighted by Gasteiger charge is 2.39. The van der Waals surface area contributed by atoms with Gasteiger partial charge in [0.2, 0.25) is 3.79 Å². The number of carbonyl (C=O) groups is 1. The van der Waals surface area contributed by atoms with Gasteiger partial charge in [0.15, 0.2) is 0 Å². The molecule has 1 amide bonds.